The molecule has 12 nitrogen and oxygen atoms in total. The van der Waals surface area contributed by atoms with Gasteiger partial charge in [0.05, 0.1) is 17.5 Å². The predicted octanol–water partition coefficient (Wildman–Crippen LogP) is 3.55. The number of benzene rings is 2. The number of anilines is 1. The summed E-state index contributed by atoms with van der Waals surface area (Å²) in [5.41, 5.74) is 4.89. The van der Waals surface area contributed by atoms with E-state index in [1.165, 1.54) is 11.6 Å². The summed E-state index contributed by atoms with van der Waals surface area (Å²) in [6.45, 7) is 3.85. The summed E-state index contributed by atoms with van der Waals surface area (Å²) in [5.74, 6) is 1.44. The number of H-pyrrole nitrogens is 2. The zero-order valence-electron chi connectivity index (χ0n) is 26.4. The van der Waals surface area contributed by atoms with Crippen LogP contribution < -0.4 is 10.5 Å². The number of carbonyl (C=O) groups is 2. The van der Waals surface area contributed by atoms with Crippen molar-refractivity contribution in [2.45, 2.75) is 31.6 Å². The van der Waals surface area contributed by atoms with Crippen molar-refractivity contribution >= 4 is 28.4 Å². The van der Waals surface area contributed by atoms with Gasteiger partial charge in [-0.15, -0.1) is 0 Å². The van der Waals surface area contributed by atoms with Crippen LogP contribution >= 0.6 is 0 Å². The van der Waals surface area contributed by atoms with Gasteiger partial charge < -0.3 is 14.8 Å². The van der Waals surface area contributed by atoms with Crippen LogP contribution in [-0.2, 0) is 16.6 Å². The first kappa shape index (κ1) is 29.3. The normalized spacial score (nSPS) is 20.7. The Morgan fingerprint density at radius 2 is 1.74 bits per heavy atom. The minimum atomic E-state index is -0.461. The van der Waals surface area contributed by atoms with Crippen molar-refractivity contribution in [3.05, 3.63) is 83.0 Å². The van der Waals surface area contributed by atoms with E-state index in [1.54, 1.807) is 23.3 Å². The van der Waals surface area contributed by atoms with Gasteiger partial charge in [-0.05, 0) is 68.0 Å². The molecular weight excluding hydrogens is 594 g/mol. The maximum absolute atomic E-state index is 13.9. The van der Waals surface area contributed by atoms with Gasteiger partial charge in [0.25, 0.3) is 0 Å². The zero-order chi connectivity index (χ0) is 32.1. The maximum atomic E-state index is 13.9. The highest BCUT2D eigenvalue weighted by molar-refractivity contribution is 6.03. The fourth-order valence-corrected chi connectivity index (χ4v) is 7.62. The third-order valence-electron chi connectivity index (χ3n) is 10.3. The molecule has 1 spiro atoms. The number of nitrogens with zero attached hydrogens (tertiary/aromatic N) is 7. The standard InChI is InChI=1S/C35H37N9O3/c1-41-22-37-33(40-41)25-4-2-23(3-5-25)24-10-14-43(15-11-24)31(46)20-42-16-12-35(21-42)13-17-44(34(35)47)27-7-8-29-28(18-27)32(39-38-29)26-6-9-30(45)36-19-26/h2-9,18-19,22,24H,10-17,20-21H2,1H3,(H,36,45)(H,38,39)/t35-/m0/s1. The molecule has 0 bridgehead atoms. The van der Waals surface area contributed by atoms with Crippen LogP contribution in [0.4, 0.5) is 5.69 Å². The summed E-state index contributed by atoms with van der Waals surface area (Å²) in [6.07, 6.45) is 6.77. The van der Waals surface area contributed by atoms with Crippen molar-refractivity contribution in [1.82, 2.24) is 39.7 Å². The molecule has 3 aliphatic rings. The molecule has 0 unspecified atom stereocenters. The Morgan fingerprint density at radius 3 is 2.49 bits per heavy atom. The van der Waals surface area contributed by atoms with Gasteiger partial charge in [-0.2, -0.15) is 10.2 Å². The molecule has 2 aromatic carbocycles. The molecule has 0 saturated carbocycles. The summed E-state index contributed by atoms with van der Waals surface area (Å²) in [6, 6.07) is 17.6. The number of fused-ring (bicyclic) bond motifs is 1. The number of aromatic nitrogens is 6. The van der Waals surface area contributed by atoms with Crippen molar-refractivity contribution in [2.75, 3.05) is 44.2 Å². The Hall–Kier alpha value is -5.10. The number of carbonyl (C=O) groups excluding carboxylic acids is 2. The molecule has 0 aliphatic carbocycles. The summed E-state index contributed by atoms with van der Waals surface area (Å²) in [7, 11) is 1.86. The van der Waals surface area contributed by atoms with Crippen molar-refractivity contribution in [3.63, 3.8) is 0 Å². The first-order chi connectivity index (χ1) is 22.8. The molecule has 2 N–H and O–H groups in total. The summed E-state index contributed by atoms with van der Waals surface area (Å²) < 4.78 is 1.70. The molecule has 12 heteroatoms. The van der Waals surface area contributed by atoms with Crippen molar-refractivity contribution < 1.29 is 9.59 Å². The number of hydrogen-bond donors (Lipinski definition) is 2. The fourth-order valence-electron chi connectivity index (χ4n) is 7.62. The van der Waals surface area contributed by atoms with E-state index in [9.17, 15) is 14.4 Å². The van der Waals surface area contributed by atoms with Gasteiger partial charge in [0.15, 0.2) is 5.82 Å². The van der Waals surface area contributed by atoms with Gasteiger partial charge in [0.1, 0.15) is 12.0 Å². The quantitative estimate of drug-likeness (QED) is 0.293. The Bertz CT molecular complexity index is 2000. The second-order valence-corrected chi connectivity index (χ2v) is 13.2. The lowest BCUT2D eigenvalue weighted by atomic mass is 9.85. The molecule has 3 aliphatic heterocycles. The minimum Gasteiger partial charge on any atom is -0.342 e. The van der Waals surface area contributed by atoms with E-state index in [0.29, 0.717) is 25.6 Å². The van der Waals surface area contributed by atoms with Crippen LogP contribution in [-0.4, -0.2) is 90.8 Å². The molecule has 240 valence electrons. The number of rotatable bonds is 6. The number of hydrogen-bond acceptors (Lipinski definition) is 7. The van der Waals surface area contributed by atoms with Crippen LogP contribution in [0.2, 0.25) is 0 Å². The molecule has 3 saturated heterocycles. The van der Waals surface area contributed by atoms with E-state index in [4.69, 9.17) is 0 Å². The van der Waals surface area contributed by atoms with Gasteiger partial charge in [-0.25, -0.2) is 4.98 Å². The van der Waals surface area contributed by atoms with E-state index in [-0.39, 0.29) is 17.4 Å². The molecule has 1 atom stereocenters. The number of likely N-dealkylation sites (tertiary alicyclic amines) is 2. The molecule has 2 amide bonds. The fraction of sp³-hybridized carbons (Fsp3) is 0.371. The van der Waals surface area contributed by atoms with Crippen LogP contribution in [0.1, 0.15) is 37.2 Å². The van der Waals surface area contributed by atoms with Crippen molar-refractivity contribution in [3.8, 4) is 22.6 Å². The lowest BCUT2D eigenvalue weighted by Crippen LogP contribution is -2.44. The second-order valence-electron chi connectivity index (χ2n) is 13.2. The van der Waals surface area contributed by atoms with Crippen LogP contribution in [0.5, 0.6) is 0 Å². The van der Waals surface area contributed by atoms with E-state index < -0.39 is 5.41 Å². The molecule has 5 aromatic rings. The van der Waals surface area contributed by atoms with E-state index in [0.717, 1.165) is 84.6 Å². The molecule has 6 heterocycles. The van der Waals surface area contributed by atoms with E-state index in [2.05, 4.69) is 54.4 Å². The zero-order valence-corrected chi connectivity index (χ0v) is 26.4. The van der Waals surface area contributed by atoms with Gasteiger partial charge in [0.2, 0.25) is 17.4 Å². The van der Waals surface area contributed by atoms with Crippen LogP contribution in [0, 0.1) is 5.41 Å². The molecule has 0 radical (unpaired) electrons. The number of aryl methyl sites for hydroxylation is 1. The number of aromatic amines is 2. The Morgan fingerprint density at radius 1 is 0.957 bits per heavy atom. The SMILES string of the molecule is Cn1cnc(-c2ccc(C3CCN(C(=O)CN4CC[C@]5(CCN(c6ccc7[nH]nc(-c8ccc(=O)[nH]c8)c7c6)C5=O)C4)CC3)cc2)n1. The van der Waals surface area contributed by atoms with Crippen molar-refractivity contribution in [2.24, 2.45) is 12.5 Å². The molecule has 8 rings (SSSR count). The first-order valence-corrected chi connectivity index (χ1v) is 16.3. The Balaban J connectivity index is 0.875. The summed E-state index contributed by atoms with van der Waals surface area (Å²) in [5, 5.41) is 12.8. The first-order valence-electron chi connectivity index (χ1n) is 16.3. The summed E-state index contributed by atoms with van der Waals surface area (Å²) >= 11 is 0. The number of nitrogens with one attached hydrogen (secondary N) is 2. The molecular formula is C35H37N9O3. The highest BCUT2D eigenvalue weighted by Gasteiger charge is 2.51. The predicted molar refractivity (Wildman–Crippen MR) is 178 cm³/mol. The van der Waals surface area contributed by atoms with Crippen LogP contribution in [0.3, 0.4) is 0 Å². The lowest BCUT2D eigenvalue weighted by Gasteiger charge is -2.33. The van der Waals surface area contributed by atoms with Crippen molar-refractivity contribution in [1.29, 1.82) is 0 Å². The van der Waals surface area contributed by atoms with Gasteiger partial charge in [-0.3, -0.25) is 29.1 Å². The third kappa shape index (κ3) is 5.42. The van der Waals surface area contributed by atoms with Gasteiger partial charge >= 0.3 is 0 Å². The highest BCUT2D eigenvalue weighted by Crippen LogP contribution is 2.43. The number of pyridine rings is 1. The molecule has 47 heavy (non-hydrogen) atoms. The number of piperidine rings is 1. The highest BCUT2D eigenvalue weighted by atomic mass is 16.2. The van der Waals surface area contributed by atoms with E-state index >= 15 is 0 Å². The smallest absolute Gasteiger partial charge is 0.247 e. The minimum absolute atomic E-state index is 0.131. The van der Waals surface area contributed by atoms with Crippen LogP contribution in [0.25, 0.3) is 33.5 Å². The topological polar surface area (TPSA) is 136 Å². The Kier molecular flexibility index (Phi) is 7.24. The average molecular weight is 632 g/mol. The molecule has 3 aromatic heterocycles. The maximum Gasteiger partial charge on any atom is 0.247 e. The van der Waals surface area contributed by atoms with E-state index in [1.807, 2.05) is 35.0 Å². The number of amides is 2. The lowest BCUT2D eigenvalue weighted by molar-refractivity contribution is -0.133. The Labute approximate surface area is 271 Å². The van der Waals surface area contributed by atoms with Gasteiger partial charge in [-0.1, -0.05) is 24.3 Å². The summed E-state index contributed by atoms with van der Waals surface area (Å²) in [4.78, 5) is 52.0. The largest absolute Gasteiger partial charge is 0.342 e. The monoisotopic (exact) mass is 631 g/mol. The third-order valence-corrected chi connectivity index (χ3v) is 10.3. The second kappa shape index (κ2) is 11.6. The average Bonchev–Trinajstić information content (AvgIpc) is 3.89. The van der Waals surface area contributed by atoms with Gasteiger partial charge in [0, 0.05) is 67.7 Å². The van der Waals surface area contributed by atoms with Crippen LogP contribution in [0.15, 0.2) is 71.9 Å². The molecule has 3 fully saturated rings.